The highest BCUT2D eigenvalue weighted by atomic mass is 16.7. The second-order valence-electron chi connectivity index (χ2n) is 20.2. The first kappa shape index (κ1) is 71.9. The largest absolute Gasteiger partial charge is 0.508 e. The average molecular weight is 1050 g/mol. The van der Waals surface area contributed by atoms with E-state index in [9.17, 15) is 15.0 Å². The number of hydrogen-bond acceptors (Lipinski definition) is 11. The average Bonchev–Trinajstić information content (AvgIpc) is 3.40. The van der Waals surface area contributed by atoms with E-state index in [0.717, 1.165) is 232 Å². The van der Waals surface area contributed by atoms with Crippen molar-refractivity contribution in [3.05, 3.63) is 48.6 Å². The number of rotatable bonds is 60. The molecule has 0 spiro atoms. The quantitative estimate of drug-likeness (QED) is 0.0262. The van der Waals surface area contributed by atoms with Crippen LogP contribution in [0.1, 0.15) is 246 Å². The number of nitrogens with zero attached hydrogens (tertiary/aromatic N) is 2. The smallest absolute Gasteiger partial charge is 0.434 e. The maximum Gasteiger partial charge on any atom is 0.508 e. The molecular weight excluding hydrogens is 929 g/mol. The van der Waals surface area contributed by atoms with Crippen LogP contribution in [0.5, 0.6) is 0 Å². The van der Waals surface area contributed by atoms with E-state index in [1.54, 1.807) is 0 Å². The van der Waals surface area contributed by atoms with Gasteiger partial charge in [-0.1, -0.05) is 115 Å². The first-order valence-corrected chi connectivity index (χ1v) is 31.1. The molecule has 0 radical (unpaired) electrons. The van der Waals surface area contributed by atoms with Crippen LogP contribution >= 0.6 is 0 Å². The lowest BCUT2D eigenvalue weighted by atomic mass is 10.1. The van der Waals surface area contributed by atoms with Gasteiger partial charge in [0, 0.05) is 39.5 Å². The lowest BCUT2D eigenvalue weighted by Crippen LogP contribution is -2.29. The fourth-order valence-corrected chi connectivity index (χ4v) is 8.77. The summed E-state index contributed by atoms with van der Waals surface area (Å²) in [6.07, 6.45) is 54.4. The van der Waals surface area contributed by atoms with E-state index in [1.165, 1.54) is 38.5 Å². The second-order valence-corrected chi connectivity index (χ2v) is 20.2. The lowest BCUT2D eigenvalue weighted by molar-refractivity contribution is -0.148. The van der Waals surface area contributed by atoms with Gasteiger partial charge in [0.15, 0.2) is 12.6 Å². The van der Waals surface area contributed by atoms with Gasteiger partial charge in [-0.2, -0.15) is 0 Å². The summed E-state index contributed by atoms with van der Waals surface area (Å²) in [6, 6.07) is 0. The van der Waals surface area contributed by atoms with Crippen molar-refractivity contribution >= 4 is 6.16 Å². The Balaban J connectivity index is 4.14. The third-order valence-corrected chi connectivity index (χ3v) is 13.2. The van der Waals surface area contributed by atoms with Crippen molar-refractivity contribution in [2.24, 2.45) is 0 Å². The summed E-state index contributed by atoms with van der Waals surface area (Å²) in [7, 11) is 0. The molecule has 11 heteroatoms. The van der Waals surface area contributed by atoms with Crippen molar-refractivity contribution < 1.29 is 43.4 Å². The number of carbonyl (C=O) groups excluding carboxylic acids is 1. The molecule has 0 amide bonds. The van der Waals surface area contributed by atoms with Gasteiger partial charge in [-0.3, -0.25) is 0 Å². The molecule has 74 heavy (non-hydrogen) atoms. The fraction of sp³-hybridized carbons (Fsp3) is 0.857. The highest BCUT2D eigenvalue weighted by Crippen LogP contribution is 2.16. The van der Waals surface area contributed by atoms with Crippen LogP contribution in [0.4, 0.5) is 4.79 Å². The van der Waals surface area contributed by atoms with Gasteiger partial charge in [-0.25, -0.2) is 4.79 Å². The highest BCUT2D eigenvalue weighted by molar-refractivity contribution is 5.59. The molecule has 0 rings (SSSR count). The van der Waals surface area contributed by atoms with Crippen LogP contribution in [0, 0.1) is 0 Å². The number of aliphatic hydroxyl groups excluding tert-OH is 2. The third kappa shape index (κ3) is 54.7. The summed E-state index contributed by atoms with van der Waals surface area (Å²) in [5, 5.41) is 19.3. The number of carbonyl (C=O) groups is 1. The zero-order chi connectivity index (χ0) is 53.7. The molecule has 0 unspecified atom stereocenters. The van der Waals surface area contributed by atoms with Gasteiger partial charge < -0.3 is 48.4 Å². The fourth-order valence-electron chi connectivity index (χ4n) is 8.77. The number of allylic oxidation sites excluding steroid dienone is 8. The zero-order valence-corrected chi connectivity index (χ0v) is 48.9. The Morgan fingerprint density at radius 1 is 0.338 bits per heavy atom. The number of aliphatic hydroxyl groups is 2. The summed E-state index contributed by atoms with van der Waals surface area (Å²) in [4.78, 5) is 16.9. The minimum absolute atomic E-state index is 0.0924. The van der Waals surface area contributed by atoms with Gasteiger partial charge in [0.25, 0.3) is 0 Å². The van der Waals surface area contributed by atoms with Crippen molar-refractivity contribution in [3.63, 3.8) is 0 Å². The normalized spacial score (nSPS) is 12.4. The molecule has 0 bridgehead atoms. The molecule has 2 N–H and O–H groups in total. The van der Waals surface area contributed by atoms with Crippen molar-refractivity contribution in [2.75, 3.05) is 92.1 Å². The first-order valence-electron chi connectivity index (χ1n) is 31.1. The molecule has 0 aromatic heterocycles. The van der Waals surface area contributed by atoms with Crippen molar-refractivity contribution in [3.8, 4) is 0 Å². The van der Waals surface area contributed by atoms with Gasteiger partial charge >= 0.3 is 6.16 Å². The predicted octanol–water partition coefficient (Wildman–Crippen LogP) is 16.0. The van der Waals surface area contributed by atoms with Gasteiger partial charge in [0.1, 0.15) is 0 Å². The van der Waals surface area contributed by atoms with E-state index in [0.29, 0.717) is 26.3 Å². The summed E-state index contributed by atoms with van der Waals surface area (Å²) in [5.74, 6) is 0. The Kier molecular flexibility index (Phi) is 60.0. The highest BCUT2D eigenvalue weighted by Gasteiger charge is 2.12. The van der Waals surface area contributed by atoms with Crippen LogP contribution in [-0.4, -0.2) is 131 Å². The van der Waals surface area contributed by atoms with E-state index < -0.39 is 6.16 Å². The Bertz CT molecular complexity index is 1090. The van der Waals surface area contributed by atoms with Gasteiger partial charge in [-0.05, 0) is 206 Å². The SMILES string of the molecule is CC/C=C\CCCCOC(CCCCCCCN(CCO)CCCCCOC(=O)OCCCCCN(CCO)CCCCCCCC(OCCCC/C=C\CC)OCCCC/C=C\CC)OCCCC/C=C\CC. The van der Waals surface area contributed by atoms with Crippen LogP contribution in [0.3, 0.4) is 0 Å². The lowest BCUT2D eigenvalue weighted by Gasteiger charge is -2.21. The molecule has 0 atom stereocenters. The van der Waals surface area contributed by atoms with Gasteiger partial charge in [-0.15, -0.1) is 0 Å². The zero-order valence-electron chi connectivity index (χ0n) is 48.9. The van der Waals surface area contributed by atoms with E-state index in [-0.39, 0.29) is 25.8 Å². The van der Waals surface area contributed by atoms with Crippen molar-refractivity contribution in [1.82, 2.24) is 9.80 Å². The number of unbranched alkanes of at least 4 members (excludes halogenated alkanes) is 20. The number of hydrogen-bond donors (Lipinski definition) is 2. The van der Waals surface area contributed by atoms with Crippen LogP contribution in [0.25, 0.3) is 0 Å². The molecule has 0 fully saturated rings. The molecule has 0 aliphatic carbocycles. The standard InChI is InChI=1S/C63H120N2O9/c1-5-9-13-17-27-39-55-69-61(70-56-40-28-18-14-10-6-2)45-33-23-21-25-35-47-64(51-53-66)49-37-31-43-59-73-63(68)74-60-44-32-38-50-65(52-54-67)48-36-26-22-24-34-46-62(71-57-41-29-19-15-11-7-3)72-58-42-30-20-16-12-8-4/h9-16,61-62,66-67H,5-8,17-60H2,1-4H3/b13-9-,14-10-,15-11-,16-12-. The van der Waals surface area contributed by atoms with Crippen LogP contribution < -0.4 is 0 Å². The topological polar surface area (TPSA) is 119 Å². The summed E-state index contributed by atoms with van der Waals surface area (Å²) in [6.45, 7) is 18.2. The summed E-state index contributed by atoms with van der Waals surface area (Å²) < 4.78 is 35.5. The van der Waals surface area contributed by atoms with Crippen LogP contribution in [0.2, 0.25) is 0 Å². The van der Waals surface area contributed by atoms with E-state index in [2.05, 4.69) is 86.1 Å². The van der Waals surface area contributed by atoms with E-state index in [4.69, 9.17) is 28.4 Å². The Labute approximate surface area is 457 Å². The molecule has 0 saturated carbocycles. The molecule has 0 aromatic rings. The maximum atomic E-state index is 12.2. The van der Waals surface area contributed by atoms with Gasteiger partial charge in [0.05, 0.1) is 26.4 Å². The first-order chi connectivity index (χ1) is 36.5. The Hall–Kier alpha value is -2.09. The summed E-state index contributed by atoms with van der Waals surface area (Å²) in [5.41, 5.74) is 0. The molecule has 0 saturated heterocycles. The molecule has 0 heterocycles. The predicted molar refractivity (Wildman–Crippen MR) is 312 cm³/mol. The third-order valence-electron chi connectivity index (χ3n) is 13.2. The molecule has 0 aliphatic heterocycles. The summed E-state index contributed by atoms with van der Waals surface area (Å²) >= 11 is 0. The van der Waals surface area contributed by atoms with Crippen LogP contribution in [-0.2, 0) is 28.4 Å². The van der Waals surface area contributed by atoms with E-state index in [1.807, 2.05) is 0 Å². The molecular formula is C63H120N2O9. The molecule has 11 nitrogen and oxygen atoms in total. The minimum Gasteiger partial charge on any atom is -0.434 e. The van der Waals surface area contributed by atoms with Crippen molar-refractivity contribution in [1.29, 1.82) is 0 Å². The van der Waals surface area contributed by atoms with E-state index >= 15 is 0 Å². The maximum absolute atomic E-state index is 12.2. The molecule has 436 valence electrons. The Morgan fingerprint density at radius 2 is 0.608 bits per heavy atom. The van der Waals surface area contributed by atoms with Crippen LogP contribution in [0.15, 0.2) is 48.6 Å². The molecule has 0 aliphatic rings. The monoisotopic (exact) mass is 1050 g/mol. The number of ether oxygens (including phenoxy) is 6. The van der Waals surface area contributed by atoms with Gasteiger partial charge in [0.2, 0.25) is 0 Å². The second kappa shape index (κ2) is 61.8. The Morgan fingerprint density at radius 3 is 0.905 bits per heavy atom. The minimum atomic E-state index is -0.575. The van der Waals surface area contributed by atoms with Crippen molar-refractivity contribution in [2.45, 2.75) is 259 Å². The molecule has 0 aromatic carbocycles.